The zero-order valence-electron chi connectivity index (χ0n) is 11.5. The van der Waals surface area contributed by atoms with E-state index in [1.807, 2.05) is 4.90 Å². The van der Waals surface area contributed by atoms with Crippen LogP contribution in [0.1, 0.15) is 52.9 Å². The first kappa shape index (κ1) is 15.0. The third-order valence-corrected chi connectivity index (χ3v) is 4.32. The summed E-state index contributed by atoms with van der Waals surface area (Å²) in [6.07, 6.45) is 5.81. The minimum absolute atomic E-state index is 0.188. The van der Waals surface area contributed by atoms with E-state index >= 15 is 0 Å². The van der Waals surface area contributed by atoms with Gasteiger partial charge in [0.2, 0.25) is 5.91 Å². The average molecular weight is 304 g/mol. The Kier molecular flexibility index (Phi) is 5.98. The Hall–Kier alpha value is -0.0500. The lowest BCUT2D eigenvalue weighted by Gasteiger charge is -2.40. The van der Waals surface area contributed by atoms with E-state index in [1.165, 1.54) is 19.3 Å². The molecule has 0 N–H and O–H groups in total. The van der Waals surface area contributed by atoms with Crippen LogP contribution in [0, 0.1) is 11.3 Å². The number of rotatable bonds is 5. The highest BCUT2D eigenvalue weighted by atomic mass is 79.9. The summed E-state index contributed by atoms with van der Waals surface area (Å²) in [5.41, 5.74) is 0.188. The van der Waals surface area contributed by atoms with E-state index in [-0.39, 0.29) is 11.3 Å². The van der Waals surface area contributed by atoms with E-state index in [0.717, 1.165) is 31.3 Å². The molecule has 1 fully saturated rings. The summed E-state index contributed by atoms with van der Waals surface area (Å²) in [4.78, 5) is 14.6. The summed E-state index contributed by atoms with van der Waals surface area (Å²) in [5.74, 6) is 0.623. The van der Waals surface area contributed by atoms with Crippen LogP contribution >= 0.6 is 15.9 Å². The Labute approximate surface area is 114 Å². The molecule has 0 heterocycles. The molecule has 0 radical (unpaired) electrons. The van der Waals surface area contributed by atoms with Gasteiger partial charge >= 0.3 is 0 Å². The highest BCUT2D eigenvalue weighted by Crippen LogP contribution is 2.41. The van der Waals surface area contributed by atoms with Crippen LogP contribution in [0.5, 0.6) is 0 Å². The second-order valence-electron chi connectivity index (χ2n) is 5.80. The lowest BCUT2D eigenvalue weighted by atomic mass is 9.68. The minimum atomic E-state index is 0.188. The first-order chi connectivity index (χ1) is 8.03. The van der Waals surface area contributed by atoms with Crippen molar-refractivity contribution >= 4 is 21.8 Å². The molecule has 1 saturated carbocycles. The molecule has 0 spiro atoms. The number of hydrogen-bond acceptors (Lipinski definition) is 1. The summed E-state index contributed by atoms with van der Waals surface area (Å²) in [7, 11) is 0. The average Bonchev–Trinajstić information content (AvgIpc) is 2.27. The van der Waals surface area contributed by atoms with Crippen LogP contribution < -0.4 is 0 Å². The normalized spacial score (nSPS) is 23.4. The molecule has 1 rings (SSSR count). The molecule has 2 nitrogen and oxygen atoms in total. The SMILES string of the molecule is CCCN(CCBr)C(=O)C1CCCCC1(C)C. The number of amides is 1. The van der Waals surface area contributed by atoms with E-state index in [1.54, 1.807) is 0 Å². The fourth-order valence-corrected chi connectivity index (χ4v) is 3.30. The molecular formula is C14H26BrNO. The predicted octanol–water partition coefficient (Wildman–Crippen LogP) is 3.84. The van der Waals surface area contributed by atoms with Gasteiger partial charge in [-0.3, -0.25) is 4.79 Å². The molecule has 17 heavy (non-hydrogen) atoms. The van der Waals surface area contributed by atoms with E-state index < -0.39 is 0 Å². The van der Waals surface area contributed by atoms with Crippen molar-refractivity contribution in [3.05, 3.63) is 0 Å². The van der Waals surface area contributed by atoms with Crippen LogP contribution in [-0.2, 0) is 4.79 Å². The number of carbonyl (C=O) groups excluding carboxylic acids is 1. The number of nitrogens with zero attached hydrogens (tertiary/aromatic N) is 1. The van der Waals surface area contributed by atoms with Crippen molar-refractivity contribution in [1.82, 2.24) is 4.90 Å². The smallest absolute Gasteiger partial charge is 0.226 e. The summed E-state index contributed by atoms with van der Waals surface area (Å²) < 4.78 is 0. The largest absolute Gasteiger partial charge is 0.342 e. The van der Waals surface area contributed by atoms with Gasteiger partial charge in [-0.05, 0) is 24.7 Å². The highest BCUT2D eigenvalue weighted by molar-refractivity contribution is 9.09. The second kappa shape index (κ2) is 6.77. The second-order valence-corrected chi connectivity index (χ2v) is 6.59. The van der Waals surface area contributed by atoms with Crippen LogP contribution in [0.3, 0.4) is 0 Å². The molecule has 1 aliphatic carbocycles. The van der Waals surface area contributed by atoms with E-state index in [4.69, 9.17) is 0 Å². The molecule has 1 atom stereocenters. The van der Waals surface area contributed by atoms with Gasteiger partial charge in [-0.2, -0.15) is 0 Å². The molecule has 0 bridgehead atoms. The standard InChI is InChI=1S/C14H26BrNO/c1-4-10-16(11-9-15)13(17)12-7-5-6-8-14(12,2)3/h12H,4-11H2,1-3H3. The van der Waals surface area contributed by atoms with Gasteiger partial charge in [-0.15, -0.1) is 0 Å². The van der Waals surface area contributed by atoms with Crippen LogP contribution in [0.4, 0.5) is 0 Å². The first-order valence-corrected chi connectivity index (χ1v) is 8.00. The fraction of sp³-hybridized carbons (Fsp3) is 0.929. The molecule has 0 aromatic heterocycles. The third-order valence-electron chi connectivity index (χ3n) is 3.96. The van der Waals surface area contributed by atoms with Gasteiger partial charge < -0.3 is 4.90 Å². The Balaban J connectivity index is 2.70. The summed E-state index contributed by atoms with van der Waals surface area (Å²) >= 11 is 3.45. The highest BCUT2D eigenvalue weighted by Gasteiger charge is 2.38. The maximum Gasteiger partial charge on any atom is 0.226 e. The Bertz CT molecular complexity index is 247. The molecule has 100 valence electrons. The monoisotopic (exact) mass is 303 g/mol. The van der Waals surface area contributed by atoms with Gasteiger partial charge in [0.15, 0.2) is 0 Å². The predicted molar refractivity (Wildman–Crippen MR) is 76.4 cm³/mol. The number of hydrogen-bond donors (Lipinski definition) is 0. The molecule has 3 heteroatoms. The van der Waals surface area contributed by atoms with E-state index in [0.29, 0.717) is 5.91 Å². The lowest BCUT2D eigenvalue weighted by Crippen LogP contribution is -2.44. The fourth-order valence-electron chi connectivity index (χ4n) is 2.88. The maximum absolute atomic E-state index is 12.6. The van der Waals surface area contributed by atoms with Crippen molar-refractivity contribution in [2.24, 2.45) is 11.3 Å². The first-order valence-electron chi connectivity index (χ1n) is 6.87. The molecule has 0 saturated heterocycles. The molecule has 1 unspecified atom stereocenters. The quantitative estimate of drug-likeness (QED) is 0.707. The zero-order valence-corrected chi connectivity index (χ0v) is 13.1. The maximum atomic E-state index is 12.6. The number of alkyl halides is 1. The van der Waals surface area contributed by atoms with Gasteiger partial charge in [-0.1, -0.05) is 49.5 Å². The molecule has 0 aliphatic heterocycles. The molecule has 1 amide bonds. The third kappa shape index (κ3) is 3.97. The van der Waals surface area contributed by atoms with Gasteiger partial charge in [0.25, 0.3) is 0 Å². The van der Waals surface area contributed by atoms with Crippen molar-refractivity contribution in [2.75, 3.05) is 18.4 Å². The van der Waals surface area contributed by atoms with Gasteiger partial charge in [-0.25, -0.2) is 0 Å². The van der Waals surface area contributed by atoms with Crippen molar-refractivity contribution in [3.63, 3.8) is 0 Å². The number of halogens is 1. The minimum Gasteiger partial charge on any atom is -0.342 e. The van der Waals surface area contributed by atoms with Crippen molar-refractivity contribution in [3.8, 4) is 0 Å². The van der Waals surface area contributed by atoms with E-state index in [2.05, 4.69) is 36.7 Å². The van der Waals surface area contributed by atoms with Crippen LogP contribution in [0.2, 0.25) is 0 Å². The summed E-state index contributed by atoms with van der Waals surface area (Å²) in [6.45, 7) is 8.40. The van der Waals surface area contributed by atoms with Gasteiger partial charge in [0.1, 0.15) is 0 Å². The number of carbonyl (C=O) groups is 1. The van der Waals surface area contributed by atoms with Crippen molar-refractivity contribution < 1.29 is 4.79 Å². The zero-order chi connectivity index (χ0) is 12.9. The van der Waals surface area contributed by atoms with Crippen LogP contribution in [0.15, 0.2) is 0 Å². The lowest BCUT2D eigenvalue weighted by molar-refractivity contribution is -0.140. The summed E-state index contributed by atoms with van der Waals surface area (Å²) in [6, 6.07) is 0. The van der Waals surface area contributed by atoms with Gasteiger partial charge in [0.05, 0.1) is 0 Å². The molecule has 0 aromatic rings. The van der Waals surface area contributed by atoms with Crippen molar-refractivity contribution in [2.45, 2.75) is 52.9 Å². The van der Waals surface area contributed by atoms with Crippen LogP contribution in [0.25, 0.3) is 0 Å². The van der Waals surface area contributed by atoms with Crippen LogP contribution in [-0.4, -0.2) is 29.2 Å². The molecule has 0 aromatic carbocycles. The molecular weight excluding hydrogens is 278 g/mol. The summed E-state index contributed by atoms with van der Waals surface area (Å²) in [5, 5.41) is 0.881. The Morgan fingerprint density at radius 3 is 2.59 bits per heavy atom. The topological polar surface area (TPSA) is 20.3 Å². The van der Waals surface area contributed by atoms with Crippen molar-refractivity contribution in [1.29, 1.82) is 0 Å². The van der Waals surface area contributed by atoms with E-state index in [9.17, 15) is 4.79 Å². The Morgan fingerprint density at radius 2 is 2.06 bits per heavy atom. The molecule has 1 aliphatic rings. The van der Waals surface area contributed by atoms with Gasteiger partial charge in [0, 0.05) is 24.3 Å². The Morgan fingerprint density at radius 1 is 1.35 bits per heavy atom.